The molecule has 0 N–H and O–H groups in total. The average molecular weight is 267 g/mol. The summed E-state index contributed by atoms with van der Waals surface area (Å²) in [4.78, 5) is 2.31. The molecular weight excluding hydrogens is 242 g/mol. The fourth-order valence-electron chi connectivity index (χ4n) is 1.99. The molecule has 0 bridgehead atoms. The number of likely N-dealkylation sites (N-methyl/N-ethyl adjacent to an activating group) is 1. The van der Waals surface area contributed by atoms with Crippen LogP contribution in [-0.4, -0.2) is 37.9 Å². The maximum atomic E-state index is 5.41. The fourth-order valence-corrected chi connectivity index (χ4v) is 2.33. The largest absolute Gasteiger partial charge is 0.496 e. The molecule has 0 spiro atoms. The van der Waals surface area contributed by atoms with Gasteiger partial charge in [-0.05, 0) is 36.6 Å². The number of methoxy groups -OCH3 is 1. The smallest absolute Gasteiger partial charge is 0.122 e. The van der Waals surface area contributed by atoms with E-state index in [-0.39, 0.29) is 0 Å². The van der Waals surface area contributed by atoms with E-state index in [4.69, 9.17) is 4.74 Å². The molecule has 0 radical (unpaired) electrons. The Morgan fingerprint density at radius 3 is 2.56 bits per heavy atom. The van der Waals surface area contributed by atoms with Gasteiger partial charge in [0.1, 0.15) is 5.75 Å². The van der Waals surface area contributed by atoms with Gasteiger partial charge in [0.05, 0.1) is 7.11 Å². The van der Waals surface area contributed by atoms with Crippen molar-refractivity contribution in [3.63, 3.8) is 0 Å². The number of thiol groups is 1. The summed E-state index contributed by atoms with van der Waals surface area (Å²) in [5.41, 5.74) is 2.68. The Bertz CT molecular complexity index is 366. The van der Waals surface area contributed by atoms with Gasteiger partial charge in [-0.25, -0.2) is 0 Å². The molecule has 0 atom stereocenters. The van der Waals surface area contributed by atoms with E-state index in [1.807, 2.05) is 0 Å². The fraction of sp³-hybridized carbons (Fsp3) is 0.600. The summed E-state index contributed by atoms with van der Waals surface area (Å²) in [6.07, 6.45) is 1.08. The molecule has 0 aliphatic rings. The molecule has 0 fully saturated rings. The highest BCUT2D eigenvalue weighted by Crippen LogP contribution is 2.27. The molecule has 2 nitrogen and oxygen atoms in total. The van der Waals surface area contributed by atoms with Gasteiger partial charge in [-0.2, -0.15) is 12.6 Å². The van der Waals surface area contributed by atoms with E-state index in [2.05, 4.69) is 56.6 Å². The van der Waals surface area contributed by atoms with Crippen LogP contribution in [-0.2, 0) is 6.42 Å². The summed E-state index contributed by atoms with van der Waals surface area (Å²) in [5, 5.41) is 0. The predicted molar refractivity (Wildman–Crippen MR) is 82.1 cm³/mol. The zero-order chi connectivity index (χ0) is 13.5. The molecule has 0 heterocycles. The number of benzene rings is 1. The molecule has 0 aliphatic heterocycles. The lowest BCUT2D eigenvalue weighted by atomic mass is 9.98. The quantitative estimate of drug-likeness (QED) is 0.762. The third-order valence-electron chi connectivity index (χ3n) is 3.18. The average Bonchev–Trinajstić information content (AvgIpc) is 2.36. The van der Waals surface area contributed by atoms with Crippen molar-refractivity contribution in [3.05, 3.63) is 29.3 Å². The first-order valence-corrected chi connectivity index (χ1v) is 7.18. The monoisotopic (exact) mass is 267 g/mol. The van der Waals surface area contributed by atoms with Crippen molar-refractivity contribution in [2.24, 2.45) is 0 Å². The van der Waals surface area contributed by atoms with Crippen molar-refractivity contribution in [1.82, 2.24) is 4.90 Å². The van der Waals surface area contributed by atoms with Gasteiger partial charge in [0, 0.05) is 18.8 Å². The molecule has 1 rings (SSSR count). The van der Waals surface area contributed by atoms with Crippen LogP contribution in [0.3, 0.4) is 0 Å². The van der Waals surface area contributed by atoms with Crippen LogP contribution in [0.2, 0.25) is 0 Å². The first kappa shape index (κ1) is 15.4. The Kier molecular flexibility index (Phi) is 6.58. The molecule has 0 unspecified atom stereocenters. The predicted octanol–water partition coefficient (Wildman–Crippen LogP) is 3.22. The number of ether oxygens (including phenoxy) is 1. The molecule has 0 saturated heterocycles. The molecule has 102 valence electrons. The minimum atomic E-state index is 0.495. The van der Waals surface area contributed by atoms with E-state index in [1.165, 1.54) is 11.1 Å². The maximum Gasteiger partial charge on any atom is 0.122 e. The Hall–Kier alpha value is -0.670. The molecule has 3 heteroatoms. The van der Waals surface area contributed by atoms with Crippen LogP contribution in [0.15, 0.2) is 18.2 Å². The van der Waals surface area contributed by atoms with Gasteiger partial charge in [0.15, 0.2) is 0 Å². The summed E-state index contributed by atoms with van der Waals surface area (Å²) in [7, 11) is 3.88. The Morgan fingerprint density at radius 1 is 1.28 bits per heavy atom. The van der Waals surface area contributed by atoms with Crippen molar-refractivity contribution in [1.29, 1.82) is 0 Å². The van der Waals surface area contributed by atoms with Crippen molar-refractivity contribution in [2.45, 2.75) is 26.2 Å². The molecule has 1 aromatic carbocycles. The van der Waals surface area contributed by atoms with Crippen LogP contribution in [0, 0.1) is 0 Å². The van der Waals surface area contributed by atoms with Gasteiger partial charge in [-0.3, -0.25) is 0 Å². The summed E-state index contributed by atoms with van der Waals surface area (Å²) in [5.74, 6) is 2.41. The topological polar surface area (TPSA) is 12.5 Å². The van der Waals surface area contributed by atoms with Crippen molar-refractivity contribution < 1.29 is 4.74 Å². The Morgan fingerprint density at radius 2 is 2.00 bits per heavy atom. The summed E-state index contributed by atoms with van der Waals surface area (Å²) >= 11 is 4.25. The van der Waals surface area contributed by atoms with Gasteiger partial charge in [0.25, 0.3) is 0 Å². The summed E-state index contributed by atoms with van der Waals surface area (Å²) in [6, 6.07) is 6.53. The second-order valence-corrected chi connectivity index (χ2v) is 5.46. The SMILES string of the molecule is COc1ccc(CCN(C)CCS)cc1C(C)C. The van der Waals surface area contributed by atoms with Gasteiger partial charge in [0.2, 0.25) is 0 Å². The lowest BCUT2D eigenvalue weighted by molar-refractivity contribution is 0.360. The first-order valence-electron chi connectivity index (χ1n) is 6.54. The van der Waals surface area contributed by atoms with Crippen LogP contribution in [0.25, 0.3) is 0 Å². The maximum absolute atomic E-state index is 5.41. The van der Waals surface area contributed by atoms with E-state index >= 15 is 0 Å². The van der Waals surface area contributed by atoms with Gasteiger partial charge < -0.3 is 9.64 Å². The molecule has 0 aromatic heterocycles. The number of hydrogen-bond acceptors (Lipinski definition) is 3. The highest BCUT2D eigenvalue weighted by Gasteiger charge is 2.08. The van der Waals surface area contributed by atoms with Crippen LogP contribution < -0.4 is 4.74 Å². The molecule has 0 saturated carbocycles. The standard InChI is InChI=1S/C15H25NOS/c1-12(2)14-11-13(5-6-15(14)17-4)7-8-16(3)9-10-18/h5-6,11-12,18H,7-10H2,1-4H3. The normalized spacial score (nSPS) is 11.3. The second-order valence-electron chi connectivity index (χ2n) is 5.01. The van der Waals surface area contributed by atoms with E-state index in [1.54, 1.807) is 7.11 Å². The second kappa shape index (κ2) is 7.70. The van der Waals surface area contributed by atoms with Crippen LogP contribution in [0.1, 0.15) is 30.9 Å². The van der Waals surface area contributed by atoms with Crippen LogP contribution in [0.4, 0.5) is 0 Å². The van der Waals surface area contributed by atoms with Crippen LogP contribution >= 0.6 is 12.6 Å². The summed E-state index contributed by atoms with van der Waals surface area (Å²) in [6.45, 7) is 6.52. The third-order valence-corrected chi connectivity index (χ3v) is 3.38. The third kappa shape index (κ3) is 4.54. The lowest BCUT2D eigenvalue weighted by Gasteiger charge is -2.17. The van der Waals surface area contributed by atoms with E-state index in [0.29, 0.717) is 5.92 Å². The highest BCUT2D eigenvalue weighted by molar-refractivity contribution is 7.80. The molecule has 0 aliphatic carbocycles. The zero-order valence-electron chi connectivity index (χ0n) is 11.9. The van der Waals surface area contributed by atoms with Crippen LogP contribution in [0.5, 0.6) is 5.75 Å². The molecule has 1 aromatic rings. The minimum Gasteiger partial charge on any atom is -0.496 e. The van der Waals surface area contributed by atoms with Gasteiger partial charge >= 0.3 is 0 Å². The van der Waals surface area contributed by atoms with Crippen molar-refractivity contribution >= 4 is 12.6 Å². The van der Waals surface area contributed by atoms with E-state index < -0.39 is 0 Å². The van der Waals surface area contributed by atoms with Crippen molar-refractivity contribution in [2.75, 3.05) is 33.0 Å². The lowest BCUT2D eigenvalue weighted by Crippen LogP contribution is -2.23. The van der Waals surface area contributed by atoms with Crippen molar-refractivity contribution in [3.8, 4) is 5.75 Å². The Labute approximate surface area is 117 Å². The molecular formula is C15H25NOS. The zero-order valence-corrected chi connectivity index (χ0v) is 12.8. The number of nitrogens with zero attached hydrogens (tertiary/aromatic N) is 1. The summed E-state index contributed by atoms with van der Waals surface area (Å²) < 4.78 is 5.41. The van der Waals surface area contributed by atoms with E-state index in [0.717, 1.165) is 31.0 Å². The molecule has 18 heavy (non-hydrogen) atoms. The Balaban J connectivity index is 2.70. The first-order chi connectivity index (χ1) is 8.58. The van der Waals surface area contributed by atoms with Gasteiger partial charge in [-0.15, -0.1) is 0 Å². The minimum absolute atomic E-state index is 0.495. The molecule has 0 amide bonds. The number of hydrogen-bond donors (Lipinski definition) is 1. The number of rotatable bonds is 7. The highest BCUT2D eigenvalue weighted by atomic mass is 32.1. The van der Waals surface area contributed by atoms with E-state index in [9.17, 15) is 0 Å². The van der Waals surface area contributed by atoms with Gasteiger partial charge in [-0.1, -0.05) is 26.0 Å².